The van der Waals surface area contributed by atoms with Crippen LogP contribution in [0.1, 0.15) is 24.2 Å². The van der Waals surface area contributed by atoms with E-state index in [0.717, 1.165) is 0 Å². The molecule has 0 unspecified atom stereocenters. The first kappa shape index (κ1) is 15.8. The van der Waals surface area contributed by atoms with Crippen LogP contribution in [0.15, 0.2) is 30.5 Å². The summed E-state index contributed by atoms with van der Waals surface area (Å²) in [5.74, 6) is 0.209. The maximum absolute atomic E-state index is 12.2. The van der Waals surface area contributed by atoms with Crippen molar-refractivity contribution < 1.29 is 19.7 Å². The molecule has 22 heavy (non-hydrogen) atoms. The molecule has 1 aromatic heterocycles. The van der Waals surface area contributed by atoms with E-state index in [2.05, 4.69) is 10.4 Å². The number of phenolic OH excluding ortho intramolecular Hbond substituents is 1. The normalized spacial score (nSPS) is 13.5. The molecular weight excluding hydrogens is 286 g/mol. The summed E-state index contributed by atoms with van der Waals surface area (Å²) in [4.78, 5) is 12.2. The van der Waals surface area contributed by atoms with Gasteiger partial charge in [0.2, 0.25) is 0 Å². The van der Waals surface area contributed by atoms with Crippen LogP contribution in [0.25, 0.3) is 0 Å². The molecule has 0 aliphatic heterocycles. The Morgan fingerprint density at radius 2 is 2.09 bits per heavy atom. The highest BCUT2D eigenvalue weighted by Crippen LogP contribution is 2.24. The number of nitrogens with one attached hydrogen (secondary N) is 1. The summed E-state index contributed by atoms with van der Waals surface area (Å²) in [6.07, 6.45) is 0.568. The van der Waals surface area contributed by atoms with Crippen LogP contribution < -0.4 is 10.1 Å². The van der Waals surface area contributed by atoms with Crippen LogP contribution in [0, 0.1) is 0 Å². The Morgan fingerprint density at radius 1 is 1.36 bits per heavy atom. The summed E-state index contributed by atoms with van der Waals surface area (Å²) in [6, 6.07) is 5.87. The number of aromatic nitrogens is 2. The van der Waals surface area contributed by atoms with Gasteiger partial charge >= 0.3 is 0 Å². The van der Waals surface area contributed by atoms with E-state index < -0.39 is 18.1 Å². The first-order valence-electron chi connectivity index (χ1n) is 6.85. The van der Waals surface area contributed by atoms with E-state index >= 15 is 0 Å². The van der Waals surface area contributed by atoms with Crippen molar-refractivity contribution in [1.82, 2.24) is 9.78 Å². The molecule has 118 valence electrons. The molecule has 7 heteroatoms. The van der Waals surface area contributed by atoms with Gasteiger partial charge in [0.1, 0.15) is 17.6 Å². The lowest BCUT2D eigenvalue weighted by Crippen LogP contribution is -2.25. The fourth-order valence-corrected chi connectivity index (χ4v) is 1.77. The van der Waals surface area contributed by atoms with Crippen molar-refractivity contribution in [3.63, 3.8) is 0 Å². The van der Waals surface area contributed by atoms with Crippen LogP contribution in [0.2, 0.25) is 0 Å². The molecule has 1 heterocycles. The average Bonchev–Trinajstić information content (AvgIpc) is 2.83. The van der Waals surface area contributed by atoms with Crippen molar-refractivity contribution in [3.8, 4) is 11.5 Å². The number of rotatable bonds is 5. The van der Waals surface area contributed by atoms with Gasteiger partial charge in [-0.25, -0.2) is 0 Å². The molecule has 0 saturated carbocycles. The number of aromatic hydroxyl groups is 1. The number of phenols is 1. The number of ether oxygens (including phenoxy) is 1. The third kappa shape index (κ3) is 3.98. The largest absolute Gasteiger partial charge is 0.508 e. The van der Waals surface area contributed by atoms with E-state index in [-0.39, 0.29) is 11.3 Å². The molecule has 1 aromatic carbocycles. The van der Waals surface area contributed by atoms with Gasteiger partial charge in [-0.3, -0.25) is 9.48 Å². The Bertz CT molecular complexity index is 667. The van der Waals surface area contributed by atoms with Crippen molar-refractivity contribution >= 4 is 11.7 Å². The Hall–Kier alpha value is -2.54. The van der Waals surface area contributed by atoms with Crippen LogP contribution in [0.5, 0.6) is 11.5 Å². The maximum atomic E-state index is 12.2. The summed E-state index contributed by atoms with van der Waals surface area (Å²) in [5, 5.41) is 25.8. The van der Waals surface area contributed by atoms with Gasteiger partial charge in [-0.1, -0.05) is 0 Å². The van der Waals surface area contributed by atoms with E-state index in [0.29, 0.717) is 11.6 Å². The SMILES string of the molecule is C[C@@H](O)[C@@H](C)Oc1cc(O)cc(C(=O)Nc2ccn(C)n2)c1. The summed E-state index contributed by atoms with van der Waals surface area (Å²) in [7, 11) is 1.74. The molecule has 0 saturated heterocycles. The van der Waals surface area contributed by atoms with Crippen molar-refractivity contribution in [1.29, 1.82) is 0 Å². The maximum Gasteiger partial charge on any atom is 0.257 e. The lowest BCUT2D eigenvalue weighted by molar-refractivity contribution is 0.0602. The van der Waals surface area contributed by atoms with Crippen LogP contribution in [-0.2, 0) is 7.05 Å². The number of benzene rings is 1. The highest BCUT2D eigenvalue weighted by atomic mass is 16.5. The Morgan fingerprint density at radius 3 is 2.68 bits per heavy atom. The second kappa shape index (κ2) is 6.48. The molecule has 2 aromatic rings. The molecule has 0 bridgehead atoms. The first-order chi connectivity index (χ1) is 10.3. The quantitative estimate of drug-likeness (QED) is 0.778. The number of anilines is 1. The van der Waals surface area contributed by atoms with Crippen LogP contribution in [-0.4, -0.2) is 38.1 Å². The molecule has 3 N–H and O–H groups in total. The molecule has 7 nitrogen and oxygen atoms in total. The smallest absolute Gasteiger partial charge is 0.257 e. The van der Waals surface area contributed by atoms with E-state index in [4.69, 9.17) is 4.74 Å². The van der Waals surface area contributed by atoms with Gasteiger partial charge in [-0.2, -0.15) is 5.10 Å². The number of nitrogens with zero attached hydrogens (tertiary/aromatic N) is 2. The van der Waals surface area contributed by atoms with E-state index in [1.807, 2.05) is 0 Å². The predicted molar refractivity (Wildman–Crippen MR) is 81.0 cm³/mol. The number of aliphatic hydroxyl groups is 1. The van der Waals surface area contributed by atoms with Crippen LogP contribution in [0.3, 0.4) is 0 Å². The van der Waals surface area contributed by atoms with Crippen LogP contribution >= 0.6 is 0 Å². The number of amides is 1. The average molecular weight is 305 g/mol. The fourth-order valence-electron chi connectivity index (χ4n) is 1.77. The van der Waals surface area contributed by atoms with Crippen molar-refractivity contribution in [2.75, 3.05) is 5.32 Å². The molecule has 0 aliphatic rings. The zero-order chi connectivity index (χ0) is 16.3. The highest BCUT2D eigenvalue weighted by molar-refractivity contribution is 6.04. The van der Waals surface area contributed by atoms with Gasteiger partial charge in [0.25, 0.3) is 5.91 Å². The zero-order valence-electron chi connectivity index (χ0n) is 12.6. The van der Waals surface area contributed by atoms with E-state index in [1.165, 1.54) is 18.2 Å². The minimum absolute atomic E-state index is 0.0959. The number of aryl methyl sites for hydroxylation is 1. The Kier molecular flexibility index (Phi) is 4.67. The Balaban J connectivity index is 2.16. The molecule has 0 spiro atoms. The third-order valence-electron chi connectivity index (χ3n) is 3.11. The first-order valence-corrected chi connectivity index (χ1v) is 6.85. The van der Waals surface area contributed by atoms with Gasteiger partial charge in [0.05, 0.1) is 6.10 Å². The zero-order valence-corrected chi connectivity index (χ0v) is 12.6. The minimum Gasteiger partial charge on any atom is -0.508 e. The number of aliphatic hydroxyl groups excluding tert-OH is 1. The van der Waals surface area contributed by atoms with E-state index in [1.54, 1.807) is 37.8 Å². The van der Waals surface area contributed by atoms with Gasteiger partial charge in [0.15, 0.2) is 5.82 Å². The van der Waals surface area contributed by atoms with Gasteiger partial charge in [-0.15, -0.1) is 0 Å². The molecule has 2 atom stereocenters. The second-order valence-corrected chi connectivity index (χ2v) is 5.11. The Labute approximate surface area is 128 Å². The number of carbonyl (C=O) groups is 1. The van der Waals surface area contributed by atoms with Gasteiger partial charge < -0.3 is 20.3 Å². The number of carbonyl (C=O) groups excluding carboxylic acids is 1. The standard InChI is InChI=1S/C15H19N3O4/c1-9(19)10(2)22-13-7-11(6-12(20)8-13)15(21)16-14-4-5-18(3)17-14/h4-10,19-20H,1-3H3,(H,16,17,21)/t9-,10-/m1/s1. The molecule has 1 amide bonds. The summed E-state index contributed by atoms with van der Waals surface area (Å²) < 4.78 is 7.06. The van der Waals surface area contributed by atoms with Crippen LogP contribution in [0.4, 0.5) is 5.82 Å². The van der Waals surface area contributed by atoms with Gasteiger partial charge in [-0.05, 0) is 26.0 Å². The lowest BCUT2D eigenvalue weighted by atomic mass is 10.2. The summed E-state index contributed by atoms with van der Waals surface area (Å²) >= 11 is 0. The number of hydrogen-bond donors (Lipinski definition) is 3. The van der Waals surface area contributed by atoms with Gasteiger partial charge in [0, 0.05) is 30.9 Å². The topological polar surface area (TPSA) is 96.6 Å². The van der Waals surface area contributed by atoms with Crippen molar-refractivity contribution in [2.45, 2.75) is 26.1 Å². The molecule has 2 rings (SSSR count). The summed E-state index contributed by atoms with van der Waals surface area (Å²) in [6.45, 7) is 3.30. The molecular formula is C15H19N3O4. The monoisotopic (exact) mass is 305 g/mol. The molecule has 0 radical (unpaired) electrons. The van der Waals surface area contributed by atoms with Crippen molar-refractivity contribution in [3.05, 3.63) is 36.0 Å². The highest BCUT2D eigenvalue weighted by Gasteiger charge is 2.14. The van der Waals surface area contributed by atoms with Crippen molar-refractivity contribution in [2.24, 2.45) is 7.05 Å². The summed E-state index contributed by atoms with van der Waals surface area (Å²) in [5.41, 5.74) is 0.235. The lowest BCUT2D eigenvalue weighted by Gasteiger charge is -2.17. The molecule has 0 fully saturated rings. The number of hydrogen-bond acceptors (Lipinski definition) is 5. The predicted octanol–water partition coefficient (Wildman–Crippen LogP) is 1.53. The molecule has 0 aliphatic carbocycles. The fraction of sp³-hybridized carbons (Fsp3) is 0.333. The minimum atomic E-state index is -0.673. The van der Waals surface area contributed by atoms with E-state index in [9.17, 15) is 15.0 Å². The second-order valence-electron chi connectivity index (χ2n) is 5.11. The third-order valence-corrected chi connectivity index (χ3v) is 3.11.